The van der Waals surface area contributed by atoms with E-state index in [1.165, 1.54) is 6.07 Å². The summed E-state index contributed by atoms with van der Waals surface area (Å²) < 4.78 is 39.7. The molecule has 0 saturated heterocycles. The lowest BCUT2D eigenvalue weighted by Gasteiger charge is -2.35. The lowest BCUT2D eigenvalue weighted by Crippen LogP contribution is -2.52. The van der Waals surface area contributed by atoms with Crippen LogP contribution in [-0.4, -0.2) is 14.0 Å². The Morgan fingerprint density at radius 3 is 2.56 bits per heavy atom. The van der Waals surface area contributed by atoms with E-state index in [1.54, 1.807) is 0 Å². The third kappa shape index (κ3) is 2.41. The summed E-state index contributed by atoms with van der Waals surface area (Å²) in [5, 5.41) is 9.01. The Labute approximate surface area is 113 Å². The molecule has 2 rings (SSSR count). The summed E-state index contributed by atoms with van der Waals surface area (Å²) in [5.41, 5.74) is -1.01. The molecule has 0 aromatic heterocycles. The van der Waals surface area contributed by atoms with E-state index in [2.05, 4.69) is 20.7 Å². The van der Waals surface area contributed by atoms with Crippen molar-refractivity contribution < 1.29 is 12.8 Å². The first kappa shape index (κ1) is 13.5. The molecule has 0 radical (unpaired) electrons. The van der Waals surface area contributed by atoms with Crippen LogP contribution in [0.2, 0.25) is 0 Å². The molecule has 18 heavy (non-hydrogen) atoms. The normalized spacial score (nSPS) is 17.8. The van der Waals surface area contributed by atoms with E-state index in [0.717, 1.165) is 18.6 Å². The van der Waals surface area contributed by atoms with Crippen molar-refractivity contribution in [2.75, 3.05) is 0 Å². The van der Waals surface area contributed by atoms with Crippen LogP contribution in [0.1, 0.15) is 19.3 Å². The minimum Gasteiger partial charge on any atom is -0.207 e. The van der Waals surface area contributed by atoms with Gasteiger partial charge in [-0.1, -0.05) is 0 Å². The molecule has 0 atom stereocenters. The van der Waals surface area contributed by atoms with Crippen LogP contribution in [0.15, 0.2) is 27.6 Å². The van der Waals surface area contributed by atoms with Crippen molar-refractivity contribution in [2.45, 2.75) is 29.7 Å². The first-order chi connectivity index (χ1) is 8.38. The van der Waals surface area contributed by atoms with Crippen molar-refractivity contribution in [1.29, 1.82) is 5.26 Å². The number of benzene rings is 1. The molecule has 7 heteroatoms. The van der Waals surface area contributed by atoms with Gasteiger partial charge in [-0.2, -0.15) is 9.98 Å². The van der Waals surface area contributed by atoms with Crippen LogP contribution in [0.25, 0.3) is 0 Å². The second-order valence-corrected chi connectivity index (χ2v) is 6.73. The summed E-state index contributed by atoms with van der Waals surface area (Å²) in [7, 11) is -3.82. The van der Waals surface area contributed by atoms with Gasteiger partial charge in [0, 0.05) is 4.47 Å². The van der Waals surface area contributed by atoms with Gasteiger partial charge in [0.15, 0.2) is 0 Å². The van der Waals surface area contributed by atoms with E-state index in [1.807, 2.05) is 6.07 Å². The molecule has 1 N–H and O–H groups in total. The Kier molecular flexibility index (Phi) is 3.45. The van der Waals surface area contributed by atoms with Crippen LogP contribution in [0.4, 0.5) is 4.39 Å². The molecule has 96 valence electrons. The van der Waals surface area contributed by atoms with Gasteiger partial charge in [-0.25, -0.2) is 12.8 Å². The van der Waals surface area contributed by atoms with Gasteiger partial charge in [-0.3, -0.25) is 0 Å². The first-order valence-electron chi connectivity index (χ1n) is 5.29. The standard InChI is InChI=1S/C11H10BrFN2O2S/c12-9-6-8(13)2-3-10(9)18(16,17)15-11(7-14)4-1-5-11/h2-3,6,15H,1,4-5H2. The molecule has 1 fully saturated rings. The van der Waals surface area contributed by atoms with Gasteiger partial charge in [0.25, 0.3) is 0 Å². The molecule has 1 aliphatic rings. The molecule has 0 amide bonds. The third-order valence-corrected chi connectivity index (χ3v) is 5.45. The van der Waals surface area contributed by atoms with Gasteiger partial charge in [-0.05, 0) is 53.4 Å². The number of nitrogens with zero attached hydrogens (tertiary/aromatic N) is 1. The molecular formula is C11H10BrFN2O2S. The zero-order chi connectivity index (χ0) is 13.4. The van der Waals surface area contributed by atoms with Gasteiger partial charge in [0.2, 0.25) is 10.0 Å². The zero-order valence-electron chi connectivity index (χ0n) is 9.28. The lowest BCUT2D eigenvalue weighted by molar-refractivity contribution is 0.296. The molecule has 1 saturated carbocycles. The van der Waals surface area contributed by atoms with E-state index in [-0.39, 0.29) is 9.37 Å². The van der Waals surface area contributed by atoms with E-state index in [9.17, 15) is 12.8 Å². The van der Waals surface area contributed by atoms with E-state index in [4.69, 9.17) is 5.26 Å². The number of sulfonamides is 1. The molecule has 1 aromatic rings. The van der Waals surface area contributed by atoms with Crippen LogP contribution in [-0.2, 0) is 10.0 Å². The van der Waals surface area contributed by atoms with Crippen molar-refractivity contribution in [3.8, 4) is 6.07 Å². The minimum atomic E-state index is -3.82. The third-order valence-electron chi connectivity index (χ3n) is 2.93. The molecule has 0 bridgehead atoms. The summed E-state index contributed by atoms with van der Waals surface area (Å²) in [6, 6.07) is 5.31. The van der Waals surface area contributed by atoms with Crippen LogP contribution < -0.4 is 4.72 Å². The fraction of sp³-hybridized carbons (Fsp3) is 0.364. The highest BCUT2D eigenvalue weighted by atomic mass is 79.9. The fourth-order valence-electron chi connectivity index (χ4n) is 1.77. The lowest BCUT2D eigenvalue weighted by atomic mass is 9.79. The molecule has 1 aromatic carbocycles. The van der Waals surface area contributed by atoms with Crippen LogP contribution >= 0.6 is 15.9 Å². The van der Waals surface area contributed by atoms with E-state index in [0.29, 0.717) is 12.8 Å². The van der Waals surface area contributed by atoms with Crippen LogP contribution in [0.5, 0.6) is 0 Å². The SMILES string of the molecule is N#CC1(NS(=O)(=O)c2ccc(F)cc2Br)CCC1. The summed E-state index contributed by atoms with van der Waals surface area (Å²) in [6.45, 7) is 0. The highest BCUT2D eigenvalue weighted by molar-refractivity contribution is 9.10. The smallest absolute Gasteiger partial charge is 0.207 e. The Bertz CT molecular complexity index is 620. The molecule has 4 nitrogen and oxygen atoms in total. The van der Waals surface area contributed by atoms with Crippen LogP contribution in [0, 0.1) is 17.1 Å². The van der Waals surface area contributed by atoms with Crippen molar-refractivity contribution in [3.05, 3.63) is 28.5 Å². The van der Waals surface area contributed by atoms with Crippen molar-refractivity contribution in [1.82, 2.24) is 4.72 Å². The summed E-state index contributed by atoms with van der Waals surface area (Å²) >= 11 is 3.01. The van der Waals surface area contributed by atoms with Gasteiger partial charge in [0.1, 0.15) is 11.4 Å². The van der Waals surface area contributed by atoms with Gasteiger partial charge >= 0.3 is 0 Å². The van der Waals surface area contributed by atoms with Gasteiger partial charge in [-0.15, -0.1) is 0 Å². The van der Waals surface area contributed by atoms with E-state index < -0.39 is 21.4 Å². The van der Waals surface area contributed by atoms with Crippen molar-refractivity contribution in [3.63, 3.8) is 0 Å². The van der Waals surface area contributed by atoms with Crippen molar-refractivity contribution >= 4 is 26.0 Å². The van der Waals surface area contributed by atoms with Gasteiger partial charge in [0.05, 0.1) is 11.0 Å². The highest BCUT2D eigenvalue weighted by Crippen LogP contribution is 2.33. The topological polar surface area (TPSA) is 70.0 Å². The first-order valence-corrected chi connectivity index (χ1v) is 7.56. The number of nitrogens with one attached hydrogen (secondary N) is 1. The number of hydrogen-bond acceptors (Lipinski definition) is 3. The Morgan fingerprint density at radius 1 is 1.44 bits per heavy atom. The summed E-state index contributed by atoms with van der Waals surface area (Å²) in [6.07, 6.45) is 1.82. The summed E-state index contributed by atoms with van der Waals surface area (Å²) in [4.78, 5) is -0.0644. The predicted octanol–water partition coefficient (Wildman–Crippen LogP) is 2.31. The maximum absolute atomic E-state index is 12.9. The number of nitriles is 1. The van der Waals surface area contributed by atoms with Crippen LogP contribution in [0.3, 0.4) is 0 Å². The largest absolute Gasteiger partial charge is 0.243 e. The Morgan fingerprint density at radius 2 is 2.11 bits per heavy atom. The maximum Gasteiger partial charge on any atom is 0.243 e. The Balaban J connectivity index is 2.34. The average Bonchev–Trinajstić information content (AvgIpc) is 2.23. The van der Waals surface area contributed by atoms with E-state index >= 15 is 0 Å². The monoisotopic (exact) mass is 332 g/mol. The minimum absolute atomic E-state index is 0.0644. The molecule has 0 unspecified atom stereocenters. The zero-order valence-corrected chi connectivity index (χ0v) is 11.7. The molecular weight excluding hydrogens is 323 g/mol. The quantitative estimate of drug-likeness (QED) is 0.923. The number of rotatable bonds is 3. The second kappa shape index (κ2) is 4.61. The van der Waals surface area contributed by atoms with Crippen molar-refractivity contribution in [2.24, 2.45) is 0 Å². The highest BCUT2D eigenvalue weighted by Gasteiger charge is 2.41. The fourth-order valence-corrected chi connectivity index (χ4v) is 4.20. The Hall–Kier alpha value is -0.970. The maximum atomic E-state index is 12.9. The predicted molar refractivity (Wildman–Crippen MR) is 66.6 cm³/mol. The molecule has 0 spiro atoms. The summed E-state index contributed by atoms with van der Waals surface area (Å²) in [5.74, 6) is -0.528. The second-order valence-electron chi connectivity index (χ2n) is 4.23. The number of halogens is 2. The average molecular weight is 333 g/mol. The molecule has 0 heterocycles. The molecule has 0 aliphatic heterocycles. The molecule has 1 aliphatic carbocycles. The number of hydrogen-bond donors (Lipinski definition) is 1. The van der Waals surface area contributed by atoms with Gasteiger partial charge < -0.3 is 0 Å².